The topological polar surface area (TPSA) is 58.4 Å². The molecular formula is C22H29N3O. The zero-order valence-electron chi connectivity index (χ0n) is 15.6. The fourth-order valence-corrected chi connectivity index (χ4v) is 3.54. The number of carbonyl (C=O) groups is 1. The molecule has 26 heavy (non-hydrogen) atoms. The van der Waals surface area contributed by atoms with Gasteiger partial charge in [-0.3, -0.25) is 9.69 Å². The van der Waals surface area contributed by atoms with E-state index in [4.69, 9.17) is 5.73 Å². The van der Waals surface area contributed by atoms with Gasteiger partial charge in [-0.15, -0.1) is 0 Å². The summed E-state index contributed by atoms with van der Waals surface area (Å²) in [6.45, 7) is 6.32. The van der Waals surface area contributed by atoms with Gasteiger partial charge in [-0.1, -0.05) is 43.3 Å². The number of amides is 1. The molecule has 0 bridgehead atoms. The number of rotatable bonds is 6. The van der Waals surface area contributed by atoms with Gasteiger partial charge in [-0.25, -0.2) is 0 Å². The average Bonchev–Trinajstić information content (AvgIpc) is 2.63. The number of carbonyl (C=O) groups excluding carboxylic acids is 1. The van der Waals surface area contributed by atoms with Gasteiger partial charge in [0, 0.05) is 25.3 Å². The van der Waals surface area contributed by atoms with Crippen LogP contribution in [0.25, 0.3) is 0 Å². The third-order valence-electron chi connectivity index (χ3n) is 5.00. The summed E-state index contributed by atoms with van der Waals surface area (Å²) >= 11 is 0. The van der Waals surface area contributed by atoms with E-state index in [-0.39, 0.29) is 5.91 Å². The van der Waals surface area contributed by atoms with Gasteiger partial charge in [-0.2, -0.15) is 0 Å². The normalized spacial score (nSPS) is 17.8. The zero-order chi connectivity index (χ0) is 18.4. The molecular weight excluding hydrogens is 322 g/mol. The van der Waals surface area contributed by atoms with Crippen molar-refractivity contribution in [3.05, 3.63) is 65.2 Å². The monoisotopic (exact) mass is 351 g/mol. The van der Waals surface area contributed by atoms with E-state index >= 15 is 0 Å². The zero-order valence-corrected chi connectivity index (χ0v) is 15.6. The number of benzene rings is 2. The molecule has 1 unspecified atom stereocenters. The maximum Gasteiger partial charge on any atom is 0.224 e. The molecule has 1 fully saturated rings. The number of nitrogens with one attached hydrogen (secondary N) is 1. The van der Waals surface area contributed by atoms with Crippen molar-refractivity contribution in [1.82, 2.24) is 10.2 Å². The van der Waals surface area contributed by atoms with Crippen LogP contribution in [-0.2, 0) is 24.3 Å². The Morgan fingerprint density at radius 3 is 2.42 bits per heavy atom. The Kier molecular flexibility index (Phi) is 6.29. The Morgan fingerprint density at radius 1 is 1.08 bits per heavy atom. The van der Waals surface area contributed by atoms with Crippen LogP contribution in [0.1, 0.15) is 36.5 Å². The third kappa shape index (κ3) is 5.60. The largest absolute Gasteiger partial charge is 0.399 e. The van der Waals surface area contributed by atoms with Gasteiger partial charge in [0.2, 0.25) is 5.91 Å². The SMILES string of the molecule is CC1CCCN(Cc2ccc(CNC(=O)Cc3ccc(N)cc3)cc2)C1. The molecule has 1 heterocycles. The van der Waals surface area contributed by atoms with E-state index in [2.05, 4.69) is 41.4 Å². The van der Waals surface area contributed by atoms with Crippen LogP contribution in [0, 0.1) is 5.92 Å². The Hall–Kier alpha value is -2.33. The summed E-state index contributed by atoms with van der Waals surface area (Å²) in [6.07, 6.45) is 3.04. The molecule has 0 aliphatic carbocycles. The number of anilines is 1. The van der Waals surface area contributed by atoms with E-state index in [9.17, 15) is 4.79 Å². The summed E-state index contributed by atoms with van der Waals surface area (Å²) in [7, 11) is 0. The summed E-state index contributed by atoms with van der Waals surface area (Å²) in [5.74, 6) is 0.834. The van der Waals surface area contributed by atoms with Gasteiger partial charge in [0.15, 0.2) is 0 Å². The number of nitrogen functional groups attached to an aromatic ring is 1. The first-order valence-corrected chi connectivity index (χ1v) is 9.50. The number of likely N-dealkylation sites (tertiary alicyclic amines) is 1. The Bertz CT molecular complexity index is 709. The Labute approximate surface area is 156 Å². The van der Waals surface area contributed by atoms with Gasteiger partial charge in [0.05, 0.1) is 6.42 Å². The average molecular weight is 351 g/mol. The summed E-state index contributed by atoms with van der Waals surface area (Å²) in [5.41, 5.74) is 9.83. The van der Waals surface area contributed by atoms with Crippen LogP contribution >= 0.6 is 0 Å². The minimum Gasteiger partial charge on any atom is -0.399 e. The van der Waals surface area contributed by atoms with Crippen molar-refractivity contribution in [3.8, 4) is 0 Å². The van der Waals surface area contributed by atoms with Crippen molar-refractivity contribution >= 4 is 11.6 Å². The maximum absolute atomic E-state index is 12.1. The summed E-state index contributed by atoms with van der Waals surface area (Å²) in [5, 5.41) is 2.99. The molecule has 0 spiro atoms. The molecule has 1 atom stereocenters. The number of piperidine rings is 1. The fraction of sp³-hybridized carbons (Fsp3) is 0.409. The molecule has 3 rings (SSSR count). The second kappa shape index (κ2) is 8.86. The molecule has 2 aromatic carbocycles. The van der Waals surface area contributed by atoms with E-state index in [0.29, 0.717) is 18.7 Å². The van der Waals surface area contributed by atoms with E-state index in [0.717, 1.165) is 23.6 Å². The lowest BCUT2D eigenvalue weighted by atomic mass is 9.99. The van der Waals surface area contributed by atoms with Gasteiger partial charge in [0.25, 0.3) is 0 Å². The van der Waals surface area contributed by atoms with Crippen LogP contribution in [0.4, 0.5) is 5.69 Å². The first kappa shape index (κ1) is 18.5. The smallest absolute Gasteiger partial charge is 0.224 e. The highest BCUT2D eigenvalue weighted by Gasteiger charge is 2.16. The first-order valence-electron chi connectivity index (χ1n) is 9.50. The molecule has 138 valence electrons. The van der Waals surface area contributed by atoms with Crippen molar-refractivity contribution in [2.45, 2.75) is 39.3 Å². The minimum absolute atomic E-state index is 0.0288. The van der Waals surface area contributed by atoms with Crippen molar-refractivity contribution in [3.63, 3.8) is 0 Å². The molecule has 0 saturated carbocycles. The van der Waals surface area contributed by atoms with Crippen LogP contribution in [0.3, 0.4) is 0 Å². The molecule has 1 aliphatic heterocycles. The maximum atomic E-state index is 12.1. The first-order chi connectivity index (χ1) is 12.6. The van der Waals surface area contributed by atoms with Crippen molar-refractivity contribution < 1.29 is 4.79 Å². The highest BCUT2D eigenvalue weighted by Crippen LogP contribution is 2.18. The molecule has 0 radical (unpaired) electrons. The molecule has 1 amide bonds. The van der Waals surface area contributed by atoms with Crippen LogP contribution in [0.5, 0.6) is 0 Å². The van der Waals surface area contributed by atoms with Gasteiger partial charge in [-0.05, 0) is 54.1 Å². The van der Waals surface area contributed by atoms with Crippen LogP contribution in [-0.4, -0.2) is 23.9 Å². The number of hydrogen-bond acceptors (Lipinski definition) is 3. The van der Waals surface area contributed by atoms with Crippen molar-refractivity contribution in [2.75, 3.05) is 18.8 Å². The second-order valence-corrected chi connectivity index (χ2v) is 7.49. The van der Waals surface area contributed by atoms with Gasteiger partial charge in [0.1, 0.15) is 0 Å². The minimum atomic E-state index is 0.0288. The van der Waals surface area contributed by atoms with Crippen LogP contribution in [0.2, 0.25) is 0 Å². The summed E-state index contributed by atoms with van der Waals surface area (Å²) < 4.78 is 0. The second-order valence-electron chi connectivity index (χ2n) is 7.49. The third-order valence-corrected chi connectivity index (χ3v) is 5.00. The van der Waals surface area contributed by atoms with E-state index in [1.54, 1.807) is 0 Å². The van der Waals surface area contributed by atoms with E-state index in [1.807, 2.05) is 24.3 Å². The Morgan fingerprint density at radius 2 is 1.73 bits per heavy atom. The molecule has 3 N–H and O–H groups in total. The molecule has 4 heteroatoms. The lowest BCUT2D eigenvalue weighted by Crippen LogP contribution is -2.33. The standard InChI is InChI=1S/C22H29N3O/c1-17-3-2-12-25(15-17)16-20-6-4-19(5-7-20)14-24-22(26)13-18-8-10-21(23)11-9-18/h4-11,17H,2-3,12-16,23H2,1H3,(H,24,26). The molecule has 1 saturated heterocycles. The summed E-state index contributed by atoms with van der Waals surface area (Å²) in [4.78, 5) is 14.6. The molecule has 2 aromatic rings. The number of nitrogens with two attached hydrogens (primary N) is 1. The molecule has 4 nitrogen and oxygen atoms in total. The predicted octanol–water partition coefficient (Wildman–Crippen LogP) is 3.36. The Balaban J connectivity index is 1.45. The quantitative estimate of drug-likeness (QED) is 0.785. The highest BCUT2D eigenvalue weighted by atomic mass is 16.1. The van der Waals surface area contributed by atoms with Crippen LogP contribution in [0.15, 0.2) is 48.5 Å². The van der Waals surface area contributed by atoms with Gasteiger partial charge >= 0.3 is 0 Å². The van der Waals surface area contributed by atoms with Gasteiger partial charge < -0.3 is 11.1 Å². The van der Waals surface area contributed by atoms with E-state index in [1.165, 1.54) is 31.5 Å². The van der Waals surface area contributed by atoms with Crippen LogP contribution < -0.4 is 11.1 Å². The summed E-state index contributed by atoms with van der Waals surface area (Å²) in [6, 6.07) is 16.0. The number of nitrogens with zero attached hydrogens (tertiary/aromatic N) is 1. The molecule has 1 aliphatic rings. The molecule has 0 aromatic heterocycles. The lowest BCUT2D eigenvalue weighted by molar-refractivity contribution is -0.120. The van der Waals surface area contributed by atoms with Crippen molar-refractivity contribution in [1.29, 1.82) is 0 Å². The predicted molar refractivity (Wildman–Crippen MR) is 107 cm³/mol. The lowest BCUT2D eigenvalue weighted by Gasteiger charge is -2.30. The van der Waals surface area contributed by atoms with Crippen molar-refractivity contribution in [2.24, 2.45) is 5.92 Å². The van der Waals surface area contributed by atoms with E-state index < -0.39 is 0 Å². The number of hydrogen-bond donors (Lipinski definition) is 2. The fourth-order valence-electron chi connectivity index (χ4n) is 3.54. The highest BCUT2D eigenvalue weighted by molar-refractivity contribution is 5.78.